The first-order valence-corrected chi connectivity index (χ1v) is 11.1. The number of nitrogens with zero attached hydrogens (tertiary/aromatic N) is 2. The number of aliphatic hydroxyl groups is 1. The van der Waals surface area contributed by atoms with Gasteiger partial charge in [-0.2, -0.15) is 0 Å². The number of rotatable bonds is 3. The molecule has 2 heterocycles. The standard InChI is InChI=1S/C25H28F2N2O4/c1-15-11-28(12-16(2)25(15,33)17-6-4-3-5-7-17)23(30)21-14-29(24(31)32)13-20(21)19-9-8-18(26)10-22(19)27/h3-10,15-16,20-21,33H,11-14H2,1-2H3,(H,31,32)/t15-,16+,20-,21+,25?/m0/s1. The molecule has 0 radical (unpaired) electrons. The van der Waals surface area contributed by atoms with Crippen LogP contribution in [0.4, 0.5) is 13.6 Å². The van der Waals surface area contributed by atoms with E-state index in [4.69, 9.17) is 0 Å². The van der Waals surface area contributed by atoms with E-state index in [-0.39, 0.29) is 49.5 Å². The molecule has 5 atom stereocenters. The smallest absolute Gasteiger partial charge is 0.407 e. The first-order chi connectivity index (χ1) is 15.6. The average molecular weight is 459 g/mol. The SMILES string of the molecule is C[C@@H]1CN(C(=O)[C@@H]2CN(C(=O)O)C[C@H]2c2ccc(F)cc2F)C[C@H](C)C1(O)c1ccccc1. The topological polar surface area (TPSA) is 81.1 Å². The Morgan fingerprint density at radius 2 is 1.58 bits per heavy atom. The Bertz CT molecular complexity index is 1040. The van der Waals surface area contributed by atoms with Crippen molar-refractivity contribution in [2.75, 3.05) is 26.2 Å². The summed E-state index contributed by atoms with van der Waals surface area (Å²) in [6.45, 7) is 4.25. The van der Waals surface area contributed by atoms with Crippen LogP contribution in [0.15, 0.2) is 48.5 Å². The third-order valence-corrected chi connectivity index (χ3v) is 7.31. The van der Waals surface area contributed by atoms with Gasteiger partial charge in [0.2, 0.25) is 5.91 Å². The number of carbonyl (C=O) groups is 2. The molecule has 2 fully saturated rings. The number of benzene rings is 2. The third-order valence-electron chi connectivity index (χ3n) is 7.31. The predicted octanol–water partition coefficient (Wildman–Crippen LogP) is 3.66. The van der Waals surface area contributed by atoms with Gasteiger partial charge in [-0.1, -0.05) is 50.2 Å². The summed E-state index contributed by atoms with van der Waals surface area (Å²) in [4.78, 5) is 28.0. The van der Waals surface area contributed by atoms with Crippen LogP contribution < -0.4 is 0 Å². The van der Waals surface area contributed by atoms with E-state index in [0.29, 0.717) is 0 Å². The molecule has 33 heavy (non-hydrogen) atoms. The molecule has 8 heteroatoms. The van der Waals surface area contributed by atoms with Gasteiger partial charge in [0, 0.05) is 50.0 Å². The van der Waals surface area contributed by atoms with Gasteiger partial charge in [0.15, 0.2) is 0 Å². The fraction of sp³-hybridized carbons (Fsp3) is 0.440. The monoisotopic (exact) mass is 458 g/mol. The van der Waals surface area contributed by atoms with Crippen LogP contribution in [0.1, 0.15) is 30.9 Å². The molecule has 2 aliphatic heterocycles. The molecule has 2 saturated heterocycles. The molecular formula is C25H28F2N2O4. The van der Waals surface area contributed by atoms with E-state index in [1.54, 1.807) is 4.90 Å². The minimum absolute atomic E-state index is 0.0405. The number of hydrogen-bond acceptors (Lipinski definition) is 3. The Balaban J connectivity index is 1.60. The Morgan fingerprint density at radius 3 is 2.15 bits per heavy atom. The summed E-state index contributed by atoms with van der Waals surface area (Å²) >= 11 is 0. The van der Waals surface area contributed by atoms with E-state index < -0.39 is 35.2 Å². The lowest BCUT2D eigenvalue weighted by molar-refractivity contribution is -0.152. The Labute approximate surface area is 191 Å². The quantitative estimate of drug-likeness (QED) is 0.736. The van der Waals surface area contributed by atoms with E-state index in [1.807, 2.05) is 44.2 Å². The molecule has 1 unspecified atom stereocenters. The molecule has 2 aliphatic rings. The zero-order valence-electron chi connectivity index (χ0n) is 18.6. The van der Waals surface area contributed by atoms with E-state index >= 15 is 0 Å². The molecule has 2 aromatic carbocycles. The van der Waals surface area contributed by atoms with Gasteiger partial charge < -0.3 is 20.0 Å². The number of carboxylic acid groups (broad SMARTS) is 1. The summed E-state index contributed by atoms with van der Waals surface area (Å²) in [5, 5.41) is 21.0. The van der Waals surface area contributed by atoms with Gasteiger partial charge >= 0.3 is 6.09 Å². The summed E-state index contributed by atoms with van der Waals surface area (Å²) < 4.78 is 28.0. The van der Waals surface area contributed by atoms with Crippen molar-refractivity contribution in [3.05, 3.63) is 71.3 Å². The normalized spacial score (nSPS) is 29.8. The number of piperidine rings is 1. The van der Waals surface area contributed by atoms with E-state index in [0.717, 1.165) is 22.6 Å². The predicted molar refractivity (Wildman–Crippen MR) is 117 cm³/mol. The molecule has 176 valence electrons. The van der Waals surface area contributed by atoms with Gasteiger partial charge in [-0.25, -0.2) is 13.6 Å². The molecular weight excluding hydrogens is 430 g/mol. The minimum atomic E-state index is -1.18. The molecule has 2 aromatic rings. The van der Waals surface area contributed by atoms with Crippen molar-refractivity contribution in [2.24, 2.45) is 17.8 Å². The van der Waals surface area contributed by atoms with Crippen LogP contribution in [0, 0.1) is 29.4 Å². The average Bonchev–Trinajstić information content (AvgIpc) is 3.22. The molecule has 0 aromatic heterocycles. The van der Waals surface area contributed by atoms with Gasteiger partial charge in [-0.05, 0) is 17.2 Å². The fourth-order valence-corrected chi connectivity index (χ4v) is 5.52. The second kappa shape index (κ2) is 8.74. The highest BCUT2D eigenvalue weighted by Crippen LogP contribution is 2.43. The van der Waals surface area contributed by atoms with Crippen LogP contribution >= 0.6 is 0 Å². The number of hydrogen-bond donors (Lipinski definition) is 2. The van der Waals surface area contributed by atoms with Gasteiger partial charge in [0.25, 0.3) is 0 Å². The van der Waals surface area contributed by atoms with Crippen molar-refractivity contribution < 1.29 is 28.6 Å². The Morgan fingerprint density at radius 1 is 0.939 bits per heavy atom. The summed E-state index contributed by atoms with van der Waals surface area (Å²) in [6, 6.07) is 12.5. The van der Waals surface area contributed by atoms with Crippen molar-refractivity contribution >= 4 is 12.0 Å². The van der Waals surface area contributed by atoms with Crippen LogP contribution in [0.25, 0.3) is 0 Å². The van der Waals surface area contributed by atoms with E-state index in [9.17, 15) is 28.6 Å². The highest BCUT2D eigenvalue weighted by Gasteiger charge is 2.49. The second-order valence-electron chi connectivity index (χ2n) is 9.30. The maximum Gasteiger partial charge on any atom is 0.407 e. The molecule has 2 N–H and O–H groups in total. The summed E-state index contributed by atoms with van der Waals surface area (Å²) in [5.41, 5.74) is -0.179. The fourth-order valence-electron chi connectivity index (χ4n) is 5.52. The number of halogens is 2. The van der Waals surface area contributed by atoms with Gasteiger partial charge in [-0.15, -0.1) is 0 Å². The van der Waals surface area contributed by atoms with Crippen LogP contribution in [-0.4, -0.2) is 58.2 Å². The van der Waals surface area contributed by atoms with E-state index in [2.05, 4.69) is 0 Å². The van der Waals surface area contributed by atoms with Crippen molar-refractivity contribution in [3.63, 3.8) is 0 Å². The summed E-state index contributed by atoms with van der Waals surface area (Å²) in [5.74, 6) is -3.84. The Kier molecular flexibility index (Phi) is 6.14. The maximum atomic E-state index is 14.6. The molecule has 2 amide bonds. The lowest BCUT2D eigenvalue weighted by atomic mass is 9.70. The Hall–Kier alpha value is -3.00. The van der Waals surface area contributed by atoms with Crippen molar-refractivity contribution in [3.8, 4) is 0 Å². The lowest BCUT2D eigenvalue weighted by Crippen LogP contribution is -2.57. The minimum Gasteiger partial charge on any atom is -0.465 e. The second-order valence-corrected chi connectivity index (χ2v) is 9.30. The largest absolute Gasteiger partial charge is 0.465 e. The zero-order valence-corrected chi connectivity index (χ0v) is 18.6. The van der Waals surface area contributed by atoms with Crippen molar-refractivity contribution in [2.45, 2.75) is 25.4 Å². The highest BCUT2D eigenvalue weighted by atomic mass is 19.1. The van der Waals surface area contributed by atoms with Crippen LogP contribution in [-0.2, 0) is 10.4 Å². The first-order valence-electron chi connectivity index (χ1n) is 11.1. The molecule has 0 bridgehead atoms. The third kappa shape index (κ3) is 4.08. The first kappa shape index (κ1) is 23.2. The van der Waals surface area contributed by atoms with Gasteiger partial charge in [-0.3, -0.25) is 4.79 Å². The maximum absolute atomic E-state index is 14.6. The van der Waals surface area contributed by atoms with Crippen LogP contribution in [0.2, 0.25) is 0 Å². The molecule has 0 aliphatic carbocycles. The van der Waals surface area contributed by atoms with Crippen LogP contribution in [0.5, 0.6) is 0 Å². The number of likely N-dealkylation sites (tertiary alicyclic amines) is 2. The molecule has 0 spiro atoms. The van der Waals surface area contributed by atoms with Gasteiger partial charge in [0.05, 0.1) is 11.5 Å². The molecule has 0 saturated carbocycles. The number of amides is 2. The summed E-state index contributed by atoms with van der Waals surface area (Å²) in [6.07, 6.45) is -1.18. The lowest BCUT2D eigenvalue weighted by Gasteiger charge is -2.48. The van der Waals surface area contributed by atoms with Crippen LogP contribution in [0.3, 0.4) is 0 Å². The molecule has 6 nitrogen and oxygen atoms in total. The van der Waals surface area contributed by atoms with Crippen molar-refractivity contribution in [1.29, 1.82) is 0 Å². The zero-order chi connectivity index (χ0) is 23.9. The summed E-state index contributed by atoms with van der Waals surface area (Å²) in [7, 11) is 0. The van der Waals surface area contributed by atoms with Crippen molar-refractivity contribution in [1.82, 2.24) is 9.80 Å². The number of carbonyl (C=O) groups excluding carboxylic acids is 1. The van der Waals surface area contributed by atoms with E-state index in [1.165, 1.54) is 6.07 Å². The molecule has 4 rings (SSSR count). The van der Waals surface area contributed by atoms with Gasteiger partial charge in [0.1, 0.15) is 11.6 Å². The highest BCUT2D eigenvalue weighted by molar-refractivity contribution is 5.82.